The van der Waals surface area contributed by atoms with Crippen LogP contribution < -0.4 is 10.1 Å². The Bertz CT molecular complexity index is 1350. The molecule has 1 aliphatic rings. The molecule has 1 amide bonds. The van der Waals surface area contributed by atoms with Gasteiger partial charge in [0.15, 0.2) is 6.10 Å². The molecule has 0 bridgehead atoms. The number of carbonyl (C=O) groups excluding carboxylic acids is 1. The van der Waals surface area contributed by atoms with Crippen molar-refractivity contribution in [1.29, 1.82) is 0 Å². The van der Waals surface area contributed by atoms with Crippen LogP contribution in [0.2, 0.25) is 0 Å². The van der Waals surface area contributed by atoms with Gasteiger partial charge in [0.2, 0.25) is 0 Å². The van der Waals surface area contributed by atoms with Gasteiger partial charge >= 0.3 is 0 Å². The zero-order valence-corrected chi connectivity index (χ0v) is 22.3. The Labute approximate surface area is 226 Å². The number of ether oxygens (including phenoxy) is 1. The number of benzene rings is 4. The van der Waals surface area contributed by atoms with E-state index in [1.54, 1.807) is 0 Å². The SMILES string of the molecule is CC[C@H](Oc1ccc2c(c1)[C@H](c1ccccc1)N(Cc1cccc(C)c1)CC2)C(=O)NCc1ccccc1. The van der Waals surface area contributed by atoms with Gasteiger partial charge in [0.1, 0.15) is 5.75 Å². The van der Waals surface area contributed by atoms with Crippen molar-refractivity contribution >= 4 is 5.91 Å². The van der Waals surface area contributed by atoms with E-state index in [1.165, 1.54) is 27.8 Å². The number of aryl methyl sites for hydroxylation is 1. The van der Waals surface area contributed by atoms with Crippen LogP contribution in [0.3, 0.4) is 0 Å². The molecule has 1 aliphatic heterocycles. The molecule has 0 fully saturated rings. The van der Waals surface area contributed by atoms with Crippen molar-refractivity contribution in [2.24, 2.45) is 0 Å². The lowest BCUT2D eigenvalue weighted by Crippen LogP contribution is -2.38. The molecule has 0 aromatic heterocycles. The number of rotatable bonds is 9. The number of carbonyl (C=O) groups is 1. The molecule has 4 nitrogen and oxygen atoms in total. The van der Waals surface area contributed by atoms with Gasteiger partial charge in [-0.05, 0) is 59.7 Å². The van der Waals surface area contributed by atoms with Crippen molar-refractivity contribution in [3.8, 4) is 5.75 Å². The van der Waals surface area contributed by atoms with Gasteiger partial charge in [-0.25, -0.2) is 0 Å². The summed E-state index contributed by atoms with van der Waals surface area (Å²) in [5, 5.41) is 3.03. The third kappa shape index (κ3) is 6.15. The molecular formula is C34H36N2O2. The van der Waals surface area contributed by atoms with E-state index < -0.39 is 6.10 Å². The first-order valence-electron chi connectivity index (χ1n) is 13.6. The standard InChI is InChI=1S/C34H36N2O2/c1-3-32(34(37)35-23-26-12-6-4-7-13-26)38-30-18-17-28-19-20-36(24-27-14-10-11-25(2)21-27)33(31(28)22-30)29-15-8-5-9-16-29/h4-18,21-22,32-33H,3,19-20,23-24H2,1-2H3,(H,35,37)/t32-,33-/m0/s1. The Morgan fingerprint density at radius 1 is 0.921 bits per heavy atom. The number of hydrogen-bond acceptors (Lipinski definition) is 3. The van der Waals surface area contributed by atoms with Gasteiger partial charge in [0.25, 0.3) is 5.91 Å². The summed E-state index contributed by atoms with van der Waals surface area (Å²) in [6.45, 7) is 6.49. The van der Waals surface area contributed by atoms with Gasteiger partial charge in [0.05, 0.1) is 6.04 Å². The van der Waals surface area contributed by atoms with Crippen molar-refractivity contribution < 1.29 is 9.53 Å². The monoisotopic (exact) mass is 504 g/mol. The van der Waals surface area contributed by atoms with E-state index in [2.05, 4.69) is 83.9 Å². The molecule has 5 rings (SSSR count). The summed E-state index contributed by atoms with van der Waals surface area (Å²) in [7, 11) is 0. The maximum absolute atomic E-state index is 13.0. The Hall–Kier alpha value is -3.89. The van der Waals surface area contributed by atoms with E-state index >= 15 is 0 Å². The fraction of sp³-hybridized carbons (Fsp3) is 0.265. The van der Waals surface area contributed by atoms with Gasteiger partial charge in [-0.2, -0.15) is 0 Å². The Morgan fingerprint density at radius 3 is 2.39 bits per heavy atom. The third-order valence-electron chi connectivity index (χ3n) is 7.28. The van der Waals surface area contributed by atoms with Crippen LogP contribution in [0.25, 0.3) is 0 Å². The first-order chi connectivity index (χ1) is 18.6. The van der Waals surface area contributed by atoms with Crippen molar-refractivity contribution in [3.63, 3.8) is 0 Å². The van der Waals surface area contributed by atoms with Crippen molar-refractivity contribution in [3.05, 3.63) is 137 Å². The zero-order valence-electron chi connectivity index (χ0n) is 22.3. The molecule has 38 heavy (non-hydrogen) atoms. The fourth-order valence-corrected chi connectivity index (χ4v) is 5.34. The minimum absolute atomic E-state index is 0.0882. The maximum Gasteiger partial charge on any atom is 0.261 e. The average molecular weight is 505 g/mol. The molecule has 0 aliphatic carbocycles. The highest BCUT2D eigenvalue weighted by atomic mass is 16.5. The van der Waals surface area contributed by atoms with Crippen LogP contribution in [0.4, 0.5) is 0 Å². The molecule has 0 saturated heterocycles. The normalized spacial score (nSPS) is 15.9. The Balaban J connectivity index is 1.38. The number of nitrogens with one attached hydrogen (secondary N) is 1. The van der Waals surface area contributed by atoms with Crippen LogP contribution in [0.5, 0.6) is 5.75 Å². The third-order valence-corrected chi connectivity index (χ3v) is 7.28. The van der Waals surface area contributed by atoms with Crippen molar-refractivity contribution in [1.82, 2.24) is 10.2 Å². The molecule has 194 valence electrons. The predicted molar refractivity (Wildman–Crippen MR) is 153 cm³/mol. The first-order valence-corrected chi connectivity index (χ1v) is 13.6. The number of nitrogens with zero attached hydrogens (tertiary/aromatic N) is 1. The molecule has 4 aromatic rings. The van der Waals surface area contributed by atoms with Crippen molar-refractivity contribution in [2.75, 3.05) is 6.54 Å². The van der Waals surface area contributed by atoms with Gasteiger partial charge in [-0.1, -0.05) is 103 Å². The molecule has 2 atom stereocenters. The van der Waals surface area contributed by atoms with Crippen molar-refractivity contribution in [2.45, 2.75) is 51.9 Å². The van der Waals surface area contributed by atoms with Crippen LogP contribution in [0.1, 0.15) is 52.8 Å². The second-order valence-electron chi connectivity index (χ2n) is 10.1. The molecule has 0 spiro atoms. The smallest absolute Gasteiger partial charge is 0.261 e. The van der Waals surface area contributed by atoms with E-state index in [0.29, 0.717) is 13.0 Å². The van der Waals surface area contributed by atoms with E-state index in [0.717, 1.165) is 30.8 Å². The largest absolute Gasteiger partial charge is 0.481 e. The summed E-state index contributed by atoms with van der Waals surface area (Å²) in [5.41, 5.74) is 7.54. The minimum Gasteiger partial charge on any atom is -0.481 e. The lowest BCUT2D eigenvalue weighted by atomic mass is 9.87. The molecule has 4 aromatic carbocycles. The van der Waals surface area contributed by atoms with Crippen LogP contribution >= 0.6 is 0 Å². The summed E-state index contributed by atoms with van der Waals surface area (Å²) in [6.07, 6.45) is 1.04. The number of hydrogen-bond donors (Lipinski definition) is 1. The summed E-state index contributed by atoms with van der Waals surface area (Å²) in [6, 6.07) is 35.9. The van der Waals surface area contributed by atoms with E-state index in [4.69, 9.17) is 4.74 Å². The highest BCUT2D eigenvalue weighted by Gasteiger charge is 2.30. The zero-order chi connectivity index (χ0) is 26.3. The van der Waals surface area contributed by atoms with Gasteiger partial charge in [0, 0.05) is 19.6 Å². The molecule has 0 radical (unpaired) electrons. The highest BCUT2D eigenvalue weighted by Crippen LogP contribution is 2.38. The van der Waals surface area contributed by atoms with Crippen LogP contribution in [-0.4, -0.2) is 23.5 Å². The predicted octanol–water partition coefficient (Wildman–Crippen LogP) is 6.62. The summed E-state index contributed by atoms with van der Waals surface area (Å²) in [4.78, 5) is 15.5. The fourth-order valence-electron chi connectivity index (χ4n) is 5.34. The Morgan fingerprint density at radius 2 is 1.66 bits per heavy atom. The summed E-state index contributed by atoms with van der Waals surface area (Å²) >= 11 is 0. The quantitative estimate of drug-likeness (QED) is 0.279. The second-order valence-corrected chi connectivity index (χ2v) is 10.1. The minimum atomic E-state index is -0.543. The lowest BCUT2D eigenvalue weighted by molar-refractivity contribution is -0.128. The van der Waals surface area contributed by atoms with E-state index in [9.17, 15) is 4.79 Å². The Kier molecular flexibility index (Phi) is 8.20. The summed E-state index contributed by atoms with van der Waals surface area (Å²) in [5.74, 6) is 0.651. The van der Waals surface area contributed by atoms with Gasteiger partial charge in [-0.15, -0.1) is 0 Å². The second kappa shape index (κ2) is 12.1. The van der Waals surface area contributed by atoms with Gasteiger partial charge in [-0.3, -0.25) is 9.69 Å². The van der Waals surface area contributed by atoms with Crippen LogP contribution in [0.15, 0.2) is 103 Å². The molecule has 1 N–H and O–H groups in total. The summed E-state index contributed by atoms with van der Waals surface area (Å²) < 4.78 is 6.30. The van der Waals surface area contributed by atoms with E-state index in [1.807, 2.05) is 43.3 Å². The number of amides is 1. The lowest BCUT2D eigenvalue weighted by Gasteiger charge is -2.38. The van der Waals surface area contributed by atoms with Gasteiger partial charge < -0.3 is 10.1 Å². The molecule has 0 unspecified atom stereocenters. The molecular weight excluding hydrogens is 468 g/mol. The topological polar surface area (TPSA) is 41.6 Å². The highest BCUT2D eigenvalue weighted by molar-refractivity contribution is 5.81. The van der Waals surface area contributed by atoms with Crippen LogP contribution in [-0.2, 0) is 24.3 Å². The molecule has 1 heterocycles. The first kappa shape index (κ1) is 25.7. The average Bonchev–Trinajstić information content (AvgIpc) is 2.95. The molecule has 4 heteroatoms. The maximum atomic E-state index is 13.0. The van der Waals surface area contributed by atoms with Crippen LogP contribution in [0, 0.1) is 6.92 Å². The number of fused-ring (bicyclic) bond motifs is 1. The van der Waals surface area contributed by atoms with E-state index in [-0.39, 0.29) is 11.9 Å². The molecule has 0 saturated carbocycles.